The van der Waals surface area contributed by atoms with Crippen LogP contribution in [0.4, 0.5) is 5.69 Å². The van der Waals surface area contributed by atoms with E-state index in [0.717, 1.165) is 36.6 Å². The largest absolute Gasteiger partial charge is 0.452 e. The van der Waals surface area contributed by atoms with Gasteiger partial charge in [0.05, 0.1) is 22.4 Å². The molecule has 4 heterocycles. The maximum absolute atomic E-state index is 11.1. The Balaban J connectivity index is 1.66. The maximum Gasteiger partial charge on any atom is 0.291 e. The van der Waals surface area contributed by atoms with Crippen molar-refractivity contribution in [2.24, 2.45) is 0 Å². The summed E-state index contributed by atoms with van der Waals surface area (Å²) in [4.78, 5) is 17.3. The molecule has 0 unspecified atom stereocenters. The fraction of sp³-hybridized carbons (Fsp3) is 0.263. The molecule has 0 radical (unpaired) electrons. The van der Waals surface area contributed by atoms with Gasteiger partial charge in [-0.15, -0.1) is 0 Å². The van der Waals surface area contributed by atoms with E-state index in [-0.39, 0.29) is 5.69 Å². The predicted octanol–water partition coefficient (Wildman–Crippen LogP) is 3.54. The zero-order valence-corrected chi connectivity index (χ0v) is 14.5. The molecule has 8 heteroatoms. The molecule has 0 aliphatic carbocycles. The summed E-state index contributed by atoms with van der Waals surface area (Å²) >= 11 is 0. The molecule has 136 valence electrons. The molecule has 3 aromatic rings. The van der Waals surface area contributed by atoms with Gasteiger partial charge in [0.25, 0.3) is 5.69 Å². The Hall–Kier alpha value is -3.26. The van der Waals surface area contributed by atoms with Crippen molar-refractivity contribution in [3.8, 4) is 28.6 Å². The molecule has 1 fully saturated rings. The summed E-state index contributed by atoms with van der Waals surface area (Å²) in [6.45, 7) is 2.96. The first kappa shape index (κ1) is 16.0. The first-order valence-corrected chi connectivity index (χ1v) is 8.92. The fourth-order valence-electron chi connectivity index (χ4n) is 3.68. The highest BCUT2D eigenvalue weighted by atomic mass is 16.6. The average molecular weight is 363 g/mol. The van der Waals surface area contributed by atoms with Crippen LogP contribution in [0, 0.1) is 10.1 Å². The smallest absolute Gasteiger partial charge is 0.291 e. The minimum atomic E-state index is -0.476. The van der Waals surface area contributed by atoms with Gasteiger partial charge in [0.15, 0.2) is 11.6 Å². The van der Waals surface area contributed by atoms with Crippen LogP contribution >= 0.6 is 0 Å². The van der Waals surface area contributed by atoms with E-state index in [4.69, 9.17) is 9.84 Å². The second-order valence-corrected chi connectivity index (χ2v) is 6.79. The summed E-state index contributed by atoms with van der Waals surface area (Å²) in [5.41, 5.74) is 2.60. The summed E-state index contributed by atoms with van der Waals surface area (Å²) in [5.74, 6) is 1.41. The lowest BCUT2D eigenvalue weighted by atomic mass is 10.1. The Labute approximate surface area is 155 Å². The van der Waals surface area contributed by atoms with Crippen LogP contribution in [0.1, 0.15) is 18.5 Å². The number of hydrogen-bond acceptors (Lipinski definition) is 6. The van der Waals surface area contributed by atoms with Gasteiger partial charge in [0, 0.05) is 12.1 Å². The SMILES string of the molecule is O=[N+]([O-])c1cnc2c(c1)Oc1ccccc1-c1cc(CN3CCCC3)nn1-2. The first-order valence-electron chi connectivity index (χ1n) is 8.92. The third-order valence-corrected chi connectivity index (χ3v) is 4.96. The molecule has 27 heavy (non-hydrogen) atoms. The zero-order valence-electron chi connectivity index (χ0n) is 14.5. The summed E-state index contributed by atoms with van der Waals surface area (Å²) in [5, 5.41) is 15.9. The standard InChI is InChI=1S/C19H17N5O3/c25-24(26)14-10-18-19(20-11-14)23-16(15-5-1-2-6-17(15)27-18)9-13(21-23)12-22-7-3-4-8-22/h1-2,5-6,9-11H,3-4,7-8,12H2. The minimum Gasteiger partial charge on any atom is -0.452 e. The van der Waals surface area contributed by atoms with Crippen LogP contribution in [-0.2, 0) is 6.54 Å². The Bertz CT molecular complexity index is 1040. The summed E-state index contributed by atoms with van der Waals surface area (Å²) in [7, 11) is 0. The minimum absolute atomic E-state index is 0.112. The summed E-state index contributed by atoms with van der Waals surface area (Å²) in [6, 6.07) is 11.1. The predicted molar refractivity (Wildman–Crippen MR) is 98.0 cm³/mol. The van der Waals surface area contributed by atoms with Crippen molar-refractivity contribution in [1.29, 1.82) is 0 Å². The lowest BCUT2D eigenvalue weighted by molar-refractivity contribution is -0.385. The average Bonchev–Trinajstić information content (AvgIpc) is 3.30. The second-order valence-electron chi connectivity index (χ2n) is 6.79. The quantitative estimate of drug-likeness (QED) is 0.409. The summed E-state index contributed by atoms with van der Waals surface area (Å²) < 4.78 is 7.70. The number of ether oxygens (including phenoxy) is 1. The Morgan fingerprint density at radius 1 is 1.15 bits per heavy atom. The number of aromatic nitrogens is 3. The van der Waals surface area contributed by atoms with Crippen molar-refractivity contribution in [3.63, 3.8) is 0 Å². The van der Waals surface area contributed by atoms with Crippen molar-refractivity contribution >= 4 is 5.69 Å². The van der Waals surface area contributed by atoms with Gasteiger partial charge < -0.3 is 4.74 Å². The Morgan fingerprint density at radius 2 is 1.96 bits per heavy atom. The fourth-order valence-corrected chi connectivity index (χ4v) is 3.68. The van der Waals surface area contributed by atoms with Gasteiger partial charge in [-0.1, -0.05) is 12.1 Å². The Kier molecular flexibility index (Phi) is 3.64. The molecular weight excluding hydrogens is 346 g/mol. The van der Waals surface area contributed by atoms with Crippen LogP contribution in [0.15, 0.2) is 42.6 Å². The normalized spacial score (nSPS) is 15.4. The number of benzene rings is 1. The van der Waals surface area contributed by atoms with Crippen LogP contribution in [0.25, 0.3) is 17.1 Å². The van der Waals surface area contributed by atoms with Crippen LogP contribution in [0.2, 0.25) is 0 Å². The molecule has 0 saturated carbocycles. The van der Waals surface area contributed by atoms with E-state index in [1.54, 1.807) is 4.68 Å². The molecule has 2 aromatic heterocycles. The number of fused-ring (bicyclic) bond motifs is 5. The highest BCUT2D eigenvalue weighted by Gasteiger charge is 2.26. The Morgan fingerprint density at radius 3 is 2.78 bits per heavy atom. The van der Waals surface area contributed by atoms with Gasteiger partial charge in [0.1, 0.15) is 11.9 Å². The van der Waals surface area contributed by atoms with Crippen molar-refractivity contribution < 1.29 is 9.66 Å². The van der Waals surface area contributed by atoms with Crippen molar-refractivity contribution in [1.82, 2.24) is 19.7 Å². The number of pyridine rings is 1. The summed E-state index contributed by atoms with van der Waals surface area (Å²) in [6.07, 6.45) is 3.68. The number of hydrogen-bond donors (Lipinski definition) is 0. The third kappa shape index (κ3) is 2.74. The van der Waals surface area contributed by atoms with E-state index in [1.807, 2.05) is 24.3 Å². The van der Waals surface area contributed by atoms with E-state index in [1.165, 1.54) is 25.1 Å². The van der Waals surface area contributed by atoms with E-state index in [9.17, 15) is 10.1 Å². The number of para-hydroxylation sites is 1. The van der Waals surface area contributed by atoms with Gasteiger partial charge in [-0.2, -0.15) is 5.10 Å². The van der Waals surface area contributed by atoms with E-state index in [0.29, 0.717) is 17.3 Å². The molecule has 0 spiro atoms. The first-order chi connectivity index (χ1) is 13.2. The highest BCUT2D eigenvalue weighted by molar-refractivity contribution is 5.72. The topological polar surface area (TPSA) is 86.3 Å². The number of rotatable bonds is 3. The molecule has 0 bridgehead atoms. The molecular formula is C19H17N5O3. The lowest BCUT2D eigenvalue weighted by Gasteiger charge is -2.12. The van der Waals surface area contributed by atoms with Gasteiger partial charge >= 0.3 is 0 Å². The highest BCUT2D eigenvalue weighted by Crippen LogP contribution is 2.41. The number of nitrogens with zero attached hydrogens (tertiary/aromatic N) is 5. The van der Waals surface area contributed by atoms with Crippen LogP contribution in [0.5, 0.6) is 11.5 Å². The lowest BCUT2D eigenvalue weighted by Crippen LogP contribution is -2.18. The van der Waals surface area contributed by atoms with Gasteiger partial charge in [-0.05, 0) is 44.1 Å². The molecule has 2 aliphatic rings. The molecule has 2 aliphatic heterocycles. The van der Waals surface area contributed by atoms with Crippen LogP contribution in [0.3, 0.4) is 0 Å². The molecule has 5 rings (SSSR count). The molecule has 0 amide bonds. The van der Waals surface area contributed by atoms with Crippen molar-refractivity contribution in [2.75, 3.05) is 13.1 Å². The number of likely N-dealkylation sites (tertiary alicyclic amines) is 1. The number of nitro groups is 1. The van der Waals surface area contributed by atoms with E-state index < -0.39 is 4.92 Å². The third-order valence-electron chi connectivity index (χ3n) is 4.96. The van der Waals surface area contributed by atoms with Crippen LogP contribution in [-0.4, -0.2) is 37.7 Å². The molecule has 0 N–H and O–H groups in total. The monoisotopic (exact) mass is 363 g/mol. The van der Waals surface area contributed by atoms with E-state index >= 15 is 0 Å². The van der Waals surface area contributed by atoms with Crippen molar-refractivity contribution in [2.45, 2.75) is 19.4 Å². The molecule has 1 saturated heterocycles. The van der Waals surface area contributed by atoms with Gasteiger partial charge in [0.2, 0.25) is 0 Å². The van der Waals surface area contributed by atoms with Crippen molar-refractivity contribution in [3.05, 3.63) is 58.4 Å². The maximum atomic E-state index is 11.1. The molecule has 1 aromatic carbocycles. The molecule has 0 atom stereocenters. The second kappa shape index (κ2) is 6.17. The molecule has 8 nitrogen and oxygen atoms in total. The van der Waals surface area contributed by atoms with Gasteiger partial charge in [-0.3, -0.25) is 15.0 Å². The van der Waals surface area contributed by atoms with Gasteiger partial charge in [-0.25, -0.2) is 9.67 Å². The zero-order chi connectivity index (χ0) is 18.4. The van der Waals surface area contributed by atoms with E-state index in [2.05, 4.69) is 16.0 Å². The van der Waals surface area contributed by atoms with Crippen LogP contribution < -0.4 is 4.74 Å².